The Balaban J connectivity index is 2.34. The summed E-state index contributed by atoms with van der Waals surface area (Å²) < 4.78 is 0. The largest absolute Gasteiger partial charge is 0.356 e. The normalized spacial score (nSPS) is 20.6. The van der Waals surface area contributed by atoms with E-state index in [1.807, 2.05) is 13.8 Å². The molecule has 0 aromatic carbocycles. The first-order valence-corrected chi connectivity index (χ1v) is 6.55. The van der Waals surface area contributed by atoms with Gasteiger partial charge in [-0.05, 0) is 25.2 Å². The van der Waals surface area contributed by atoms with Crippen LogP contribution in [0.15, 0.2) is 0 Å². The van der Waals surface area contributed by atoms with E-state index in [9.17, 15) is 14.4 Å². The van der Waals surface area contributed by atoms with Crippen LogP contribution in [0.2, 0.25) is 0 Å². The van der Waals surface area contributed by atoms with Crippen molar-refractivity contribution in [3.8, 4) is 0 Å². The number of nitrogens with one attached hydrogen (secondary N) is 2. The van der Waals surface area contributed by atoms with Gasteiger partial charge in [0.25, 0.3) is 0 Å². The minimum absolute atomic E-state index is 0.0155. The van der Waals surface area contributed by atoms with Gasteiger partial charge in [0.15, 0.2) is 0 Å². The molecular weight excluding hydrogens is 232 g/mol. The summed E-state index contributed by atoms with van der Waals surface area (Å²) in [5.74, 6) is 0.189. The van der Waals surface area contributed by atoms with Crippen LogP contribution in [0, 0.1) is 11.8 Å². The van der Waals surface area contributed by atoms with Crippen LogP contribution >= 0.6 is 0 Å². The minimum atomic E-state index is -0.543. The van der Waals surface area contributed by atoms with Crippen LogP contribution in [-0.2, 0) is 14.4 Å². The van der Waals surface area contributed by atoms with E-state index >= 15 is 0 Å². The number of amides is 2. The van der Waals surface area contributed by atoms with Crippen molar-refractivity contribution in [2.75, 3.05) is 6.54 Å². The second-order valence-corrected chi connectivity index (χ2v) is 5.25. The number of carbonyl (C=O) groups is 3. The number of hydrogen-bond donors (Lipinski definition) is 2. The molecule has 1 aliphatic rings. The molecule has 1 rings (SSSR count). The number of hydrogen-bond acceptors (Lipinski definition) is 3. The lowest BCUT2D eigenvalue weighted by molar-refractivity contribution is -0.126. The molecule has 1 saturated heterocycles. The van der Waals surface area contributed by atoms with E-state index in [1.54, 1.807) is 0 Å². The lowest BCUT2D eigenvalue weighted by Crippen LogP contribution is -2.38. The van der Waals surface area contributed by atoms with Crippen molar-refractivity contribution in [3.63, 3.8) is 0 Å². The molecule has 18 heavy (non-hydrogen) atoms. The maximum atomic E-state index is 11.6. The Kier molecular flexibility index (Phi) is 5.82. The summed E-state index contributed by atoms with van der Waals surface area (Å²) in [4.78, 5) is 33.9. The van der Waals surface area contributed by atoms with Crippen molar-refractivity contribution in [2.45, 2.75) is 45.6 Å². The third-order valence-corrected chi connectivity index (χ3v) is 3.16. The Morgan fingerprint density at radius 1 is 1.56 bits per heavy atom. The molecule has 2 atom stereocenters. The Bertz CT molecular complexity index is 315. The second-order valence-electron chi connectivity index (χ2n) is 5.25. The predicted molar refractivity (Wildman–Crippen MR) is 67.8 cm³/mol. The average Bonchev–Trinajstić information content (AvgIpc) is 2.71. The summed E-state index contributed by atoms with van der Waals surface area (Å²) in [5.41, 5.74) is 0. The fourth-order valence-electron chi connectivity index (χ4n) is 2.02. The molecule has 0 aromatic rings. The Morgan fingerprint density at radius 3 is 2.78 bits per heavy atom. The van der Waals surface area contributed by atoms with Crippen molar-refractivity contribution in [1.29, 1.82) is 0 Å². The summed E-state index contributed by atoms with van der Waals surface area (Å²) >= 11 is 0. The highest BCUT2D eigenvalue weighted by Gasteiger charge is 2.27. The molecule has 2 N–H and O–H groups in total. The molecule has 2 amide bonds. The molecule has 0 aromatic heterocycles. The van der Waals surface area contributed by atoms with Gasteiger partial charge in [0.1, 0.15) is 6.29 Å². The van der Waals surface area contributed by atoms with Crippen LogP contribution in [-0.4, -0.2) is 30.7 Å². The lowest BCUT2D eigenvalue weighted by atomic mass is 9.99. The number of aldehydes is 1. The van der Waals surface area contributed by atoms with Gasteiger partial charge in [-0.2, -0.15) is 0 Å². The molecule has 5 nitrogen and oxygen atoms in total. The maximum Gasteiger partial charge on any atom is 0.223 e. The van der Waals surface area contributed by atoms with E-state index in [4.69, 9.17) is 0 Å². The minimum Gasteiger partial charge on any atom is -0.356 e. The van der Waals surface area contributed by atoms with Crippen LogP contribution in [0.1, 0.15) is 39.5 Å². The van der Waals surface area contributed by atoms with Gasteiger partial charge in [-0.3, -0.25) is 9.59 Å². The van der Waals surface area contributed by atoms with E-state index in [0.29, 0.717) is 25.3 Å². The van der Waals surface area contributed by atoms with Gasteiger partial charge in [0.05, 0.1) is 6.04 Å². The molecule has 0 radical (unpaired) electrons. The van der Waals surface area contributed by atoms with Crippen molar-refractivity contribution in [2.24, 2.45) is 11.8 Å². The van der Waals surface area contributed by atoms with Crippen LogP contribution < -0.4 is 10.6 Å². The Morgan fingerprint density at radius 2 is 2.28 bits per heavy atom. The molecule has 1 heterocycles. The molecule has 0 saturated carbocycles. The molecule has 1 unspecified atom stereocenters. The second kappa shape index (κ2) is 7.13. The van der Waals surface area contributed by atoms with Gasteiger partial charge in [-0.15, -0.1) is 0 Å². The molecular formula is C13H22N2O3. The molecule has 0 aliphatic carbocycles. The zero-order chi connectivity index (χ0) is 13.5. The van der Waals surface area contributed by atoms with Crippen molar-refractivity contribution < 1.29 is 14.4 Å². The summed E-state index contributed by atoms with van der Waals surface area (Å²) in [6, 6.07) is -0.543. The molecule has 0 spiro atoms. The first-order chi connectivity index (χ1) is 8.52. The quantitative estimate of drug-likeness (QED) is 0.654. The van der Waals surface area contributed by atoms with E-state index in [2.05, 4.69) is 10.6 Å². The first kappa shape index (κ1) is 14.7. The molecule has 1 aliphatic heterocycles. The summed E-state index contributed by atoms with van der Waals surface area (Å²) in [6.45, 7) is 4.76. The Labute approximate surface area is 108 Å². The van der Waals surface area contributed by atoms with Gasteiger partial charge in [0.2, 0.25) is 11.8 Å². The third-order valence-electron chi connectivity index (χ3n) is 3.16. The van der Waals surface area contributed by atoms with E-state index in [0.717, 1.165) is 19.1 Å². The fraction of sp³-hybridized carbons (Fsp3) is 0.769. The smallest absolute Gasteiger partial charge is 0.223 e. The van der Waals surface area contributed by atoms with Crippen LogP contribution in [0.5, 0.6) is 0 Å². The lowest BCUT2D eigenvalue weighted by Gasteiger charge is -2.15. The van der Waals surface area contributed by atoms with Gasteiger partial charge in [-0.25, -0.2) is 0 Å². The van der Waals surface area contributed by atoms with Crippen LogP contribution in [0.25, 0.3) is 0 Å². The van der Waals surface area contributed by atoms with E-state index in [-0.39, 0.29) is 17.7 Å². The Hall–Kier alpha value is -1.39. The number of rotatable bonds is 7. The van der Waals surface area contributed by atoms with Gasteiger partial charge in [0, 0.05) is 18.9 Å². The van der Waals surface area contributed by atoms with Crippen molar-refractivity contribution >= 4 is 18.1 Å². The topological polar surface area (TPSA) is 75.3 Å². The molecule has 5 heteroatoms. The highest BCUT2D eigenvalue weighted by Crippen LogP contribution is 2.15. The zero-order valence-corrected chi connectivity index (χ0v) is 11.1. The van der Waals surface area contributed by atoms with Gasteiger partial charge < -0.3 is 15.4 Å². The highest BCUT2D eigenvalue weighted by atomic mass is 16.2. The van der Waals surface area contributed by atoms with E-state index < -0.39 is 6.04 Å². The van der Waals surface area contributed by atoms with Crippen LogP contribution in [0.3, 0.4) is 0 Å². The standard InChI is InChI=1S/C13H22N2O3/c1-9(2)3-4-12(17)15-11(8-16)7-10-5-6-14-13(10)18/h8-11H,3-7H2,1-2H3,(H,14,18)(H,15,17)/t10?,11-/m0/s1. The molecule has 0 bridgehead atoms. The highest BCUT2D eigenvalue weighted by molar-refractivity contribution is 5.82. The first-order valence-electron chi connectivity index (χ1n) is 6.55. The van der Waals surface area contributed by atoms with Crippen molar-refractivity contribution in [1.82, 2.24) is 10.6 Å². The van der Waals surface area contributed by atoms with Gasteiger partial charge >= 0.3 is 0 Å². The number of carbonyl (C=O) groups excluding carboxylic acids is 3. The average molecular weight is 254 g/mol. The third kappa shape index (κ3) is 4.85. The summed E-state index contributed by atoms with van der Waals surface area (Å²) in [7, 11) is 0. The molecule has 102 valence electrons. The SMILES string of the molecule is CC(C)CCC(=O)N[C@H](C=O)CC1CCNC1=O. The van der Waals surface area contributed by atoms with Crippen molar-refractivity contribution in [3.05, 3.63) is 0 Å². The van der Waals surface area contributed by atoms with Crippen LogP contribution in [0.4, 0.5) is 0 Å². The predicted octanol–water partition coefficient (Wildman–Crippen LogP) is 0.632. The van der Waals surface area contributed by atoms with E-state index in [1.165, 1.54) is 0 Å². The van der Waals surface area contributed by atoms with Gasteiger partial charge in [-0.1, -0.05) is 13.8 Å². The zero-order valence-electron chi connectivity index (χ0n) is 11.1. The maximum absolute atomic E-state index is 11.6. The summed E-state index contributed by atoms with van der Waals surface area (Å²) in [5, 5.41) is 5.41. The monoisotopic (exact) mass is 254 g/mol. The summed E-state index contributed by atoms with van der Waals surface area (Å²) in [6.07, 6.45) is 3.10. The molecule has 1 fully saturated rings. The fourth-order valence-corrected chi connectivity index (χ4v) is 2.02.